The Hall–Kier alpha value is -0.835. The van der Waals surface area contributed by atoms with Gasteiger partial charge in [0.1, 0.15) is 5.78 Å². The van der Waals surface area contributed by atoms with Gasteiger partial charge in [0.05, 0.1) is 6.04 Å². The number of carbonyl (C=O) groups is 2. The molecule has 0 bridgehead atoms. The van der Waals surface area contributed by atoms with Gasteiger partial charge in [-0.25, -0.2) is 0 Å². The molecule has 5 heteroatoms. The van der Waals surface area contributed by atoms with Gasteiger partial charge in [0.15, 0.2) is 5.81 Å². The molecule has 1 aliphatic rings. The fourth-order valence-electron chi connectivity index (χ4n) is 1.81. The molecular formula is C9H15BN2O2. The average molecular weight is 194 g/mol. The van der Waals surface area contributed by atoms with Crippen molar-refractivity contribution in [3.05, 3.63) is 0 Å². The maximum absolute atomic E-state index is 11.1. The van der Waals surface area contributed by atoms with E-state index in [9.17, 15) is 9.59 Å². The van der Waals surface area contributed by atoms with Gasteiger partial charge >= 0.3 is 0 Å². The van der Waals surface area contributed by atoms with E-state index in [0.717, 1.165) is 13.1 Å². The molecule has 0 aliphatic carbocycles. The Morgan fingerprint density at radius 1 is 1.43 bits per heavy atom. The third-order valence-corrected chi connectivity index (χ3v) is 2.49. The maximum atomic E-state index is 11.1. The third kappa shape index (κ3) is 2.84. The zero-order valence-electron chi connectivity index (χ0n) is 8.69. The molecular weight excluding hydrogens is 179 g/mol. The van der Waals surface area contributed by atoms with Crippen LogP contribution in [0.5, 0.6) is 0 Å². The predicted octanol–water partition coefficient (Wildman–Crippen LogP) is -0.130. The van der Waals surface area contributed by atoms with E-state index in [1.54, 1.807) is 4.90 Å². The Balaban J connectivity index is 2.63. The van der Waals surface area contributed by atoms with Crippen molar-refractivity contribution in [1.82, 2.24) is 9.80 Å². The van der Waals surface area contributed by atoms with Crippen LogP contribution in [0.4, 0.5) is 4.79 Å². The number of ketones is 1. The number of likely N-dealkylation sites (N-methyl/N-ethyl adjacent to an activating group) is 1. The van der Waals surface area contributed by atoms with Crippen LogP contribution < -0.4 is 0 Å². The Kier molecular flexibility index (Phi) is 3.69. The molecule has 1 rings (SSSR count). The molecule has 0 unspecified atom stereocenters. The lowest BCUT2D eigenvalue weighted by molar-refractivity contribution is -0.118. The van der Waals surface area contributed by atoms with E-state index in [-0.39, 0.29) is 11.8 Å². The molecule has 14 heavy (non-hydrogen) atoms. The number of carbonyl (C=O) groups excluding carboxylic acids is 2. The molecule has 1 heterocycles. The number of Topliss-reactive ketones (excluding diaryl/α,β-unsaturated/α-hetero) is 1. The fourth-order valence-corrected chi connectivity index (χ4v) is 1.81. The molecule has 0 spiro atoms. The minimum absolute atomic E-state index is 0.0521. The summed E-state index contributed by atoms with van der Waals surface area (Å²) in [5, 5.41) is 0. The van der Waals surface area contributed by atoms with Crippen molar-refractivity contribution in [1.29, 1.82) is 0 Å². The lowest BCUT2D eigenvalue weighted by atomic mass is 10.0. The molecule has 1 aliphatic heterocycles. The quantitative estimate of drug-likeness (QED) is 0.575. The van der Waals surface area contributed by atoms with Crippen LogP contribution >= 0.6 is 0 Å². The molecule has 1 atom stereocenters. The van der Waals surface area contributed by atoms with E-state index in [0.29, 0.717) is 13.0 Å². The Labute approximate surface area is 85.6 Å². The number of amides is 1. The summed E-state index contributed by atoms with van der Waals surface area (Å²) >= 11 is 0. The van der Waals surface area contributed by atoms with E-state index in [1.807, 2.05) is 7.05 Å². The van der Waals surface area contributed by atoms with Gasteiger partial charge in [-0.05, 0) is 14.0 Å². The van der Waals surface area contributed by atoms with Crippen LogP contribution in [0.1, 0.15) is 13.3 Å². The van der Waals surface area contributed by atoms with Gasteiger partial charge in [0.25, 0.3) is 0 Å². The smallest absolute Gasteiger partial charge is 0.200 e. The highest BCUT2D eigenvalue weighted by molar-refractivity contribution is 6.57. The monoisotopic (exact) mass is 194 g/mol. The SMILES string of the molecule is [B]C(=O)N1CCN(C)C[C@@H]1CC(C)=O. The summed E-state index contributed by atoms with van der Waals surface area (Å²) in [6.45, 7) is 3.69. The summed E-state index contributed by atoms with van der Waals surface area (Å²) in [4.78, 5) is 25.7. The Bertz CT molecular complexity index is 245. The standard InChI is InChI=1S/C9H15BN2O2/c1-7(13)5-8-6-11(2)3-4-12(8)9(10)14/h8H,3-6H2,1-2H3/t8-/m0/s1. The summed E-state index contributed by atoms with van der Waals surface area (Å²) in [7, 11) is 7.21. The van der Waals surface area contributed by atoms with Gasteiger partial charge in [-0.3, -0.25) is 9.59 Å². The van der Waals surface area contributed by atoms with Gasteiger partial charge in [-0.2, -0.15) is 0 Å². The van der Waals surface area contributed by atoms with Crippen LogP contribution in [0, 0.1) is 0 Å². The van der Waals surface area contributed by atoms with Crippen LogP contribution in [0.2, 0.25) is 0 Å². The number of rotatable bonds is 2. The second-order valence-electron chi connectivity index (χ2n) is 3.85. The highest BCUT2D eigenvalue weighted by Gasteiger charge is 2.27. The van der Waals surface area contributed by atoms with Gasteiger partial charge in [0.2, 0.25) is 7.85 Å². The minimum atomic E-state index is -0.427. The molecule has 0 N–H and O–H groups in total. The topological polar surface area (TPSA) is 40.6 Å². The summed E-state index contributed by atoms with van der Waals surface area (Å²) in [5.41, 5.74) is 0. The van der Waals surface area contributed by atoms with Crippen molar-refractivity contribution in [2.24, 2.45) is 0 Å². The molecule has 2 radical (unpaired) electrons. The first-order chi connectivity index (χ1) is 6.50. The first-order valence-corrected chi connectivity index (χ1v) is 4.74. The van der Waals surface area contributed by atoms with Crippen LogP contribution in [0.3, 0.4) is 0 Å². The molecule has 0 aromatic heterocycles. The van der Waals surface area contributed by atoms with Crippen molar-refractivity contribution < 1.29 is 9.59 Å². The van der Waals surface area contributed by atoms with Crippen molar-refractivity contribution in [3.63, 3.8) is 0 Å². The summed E-state index contributed by atoms with van der Waals surface area (Å²) in [6, 6.07) is -0.0521. The van der Waals surface area contributed by atoms with Crippen LogP contribution in [-0.2, 0) is 4.79 Å². The summed E-state index contributed by atoms with van der Waals surface area (Å²) < 4.78 is 0. The maximum Gasteiger partial charge on any atom is 0.200 e. The zero-order valence-corrected chi connectivity index (χ0v) is 8.69. The number of piperazine rings is 1. The van der Waals surface area contributed by atoms with Gasteiger partial charge in [0, 0.05) is 26.1 Å². The van der Waals surface area contributed by atoms with E-state index in [4.69, 9.17) is 7.85 Å². The predicted molar refractivity (Wildman–Crippen MR) is 54.4 cm³/mol. The second kappa shape index (κ2) is 4.60. The average Bonchev–Trinajstić information content (AvgIpc) is 2.01. The fraction of sp³-hybridized carbons (Fsp3) is 0.778. The van der Waals surface area contributed by atoms with E-state index in [1.165, 1.54) is 6.92 Å². The molecule has 76 valence electrons. The first kappa shape index (κ1) is 11.2. The van der Waals surface area contributed by atoms with Crippen LogP contribution in [0.25, 0.3) is 0 Å². The number of nitrogens with zero attached hydrogens (tertiary/aromatic N) is 2. The first-order valence-electron chi connectivity index (χ1n) is 4.74. The normalized spacial score (nSPS) is 23.6. The Morgan fingerprint density at radius 2 is 2.07 bits per heavy atom. The lowest BCUT2D eigenvalue weighted by Crippen LogP contribution is -2.54. The summed E-state index contributed by atoms with van der Waals surface area (Å²) in [5.74, 6) is -0.332. The molecule has 1 saturated heterocycles. The van der Waals surface area contributed by atoms with Crippen molar-refractivity contribution in [2.75, 3.05) is 26.7 Å². The highest BCUT2D eigenvalue weighted by atomic mass is 16.2. The van der Waals surface area contributed by atoms with Crippen LogP contribution in [0.15, 0.2) is 0 Å². The van der Waals surface area contributed by atoms with Gasteiger partial charge in [-0.1, -0.05) is 0 Å². The van der Waals surface area contributed by atoms with Crippen molar-refractivity contribution in [2.45, 2.75) is 19.4 Å². The third-order valence-electron chi connectivity index (χ3n) is 2.49. The van der Waals surface area contributed by atoms with Gasteiger partial charge < -0.3 is 9.80 Å². The number of hydrogen-bond acceptors (Lipinski definition) is 3. The largest absolute Gasteiger partial charge is 0.347 e. The molecule has 0 saturated carbocycles. The molecule has 4 nitrogen and oxygen atoms in total. The minimum Gasteiger partial charge on any atom is -0.347 e. The number of hydrogen-bond donors (Lipinski definition) is 0. The lowest BCUT2D eigenvalue weighted by Gasteiger charge is -2.39. The van der Waals surface area contributed by atoms with Crippen molar-refractivity contribution in [3.8, 4) is 0 Å². The van der Waals surface area contributed by atoms with Gasteiger partial charge in [-0.15, -0.1) is 0 Å². The Morgan fingerprint density at radius 3 is 2.57 bits per heavy atom. The van der Waals surface area contributed by atoms with Crippen molar-refractivity contribution >= 4 is 19.4 Å². The van der Waals surface area contributed by atoms with E-state index < -0.39 is 5.81 Å². The van der Waals surface area contributed by atoms with E-state index >= 15 is 0 Å². The molecule has 1 fully saturated rings. The van der Waals surface area contributed by atoms with E-state index in [2.05, 4.69) is 4.90 Å². The molecule has 1 amide bonds. The van der Waals surface area contributed by atoms with Crippen LogP contribution in [-0.4, -0.2) is 62.0 Å². The second-order valence-corrected chi connectivity index (χ2v) is 3.85. The highest BCUT2D eigenvalue weighted by Crippen LogP contribution is 2.12. The molecule has 0 aromatic carbocycles. The zero-order chi connectivity index (χ0) is 10.7. The molecule has 0 aromatic rings. The summed E-state index contributed by atoms with van der Waals surface area (Å²) in [6.07, 6.45) is 0.396.